The first-order chi connectivity index (χ1) is 7.59. The van der Waals surface area contributed by atoms with Crippen LogP contribution in [0.5, 0.6) is 0 Å². The van der Waals surface area contributed by atoms with E-state index in [9.17, 15) is 0 Å². The standard InChI is InChI=1S/C11H21N5/c1-8-5-12-6-9(2)16(8)7-11-14-13-10(3)15(11)4/h8-9,12H,5-7H2,1-4H3. The minimum atomic E-state index is 0.556. The quantitative estimate of drug-likeness (QED) is 0.783. The lowest BCUT2D eigenvalue weighted by atomic mass is 10.1. The average molecular weight is 223 g/mol. The molecule has 0 aromatic carbocycles. The number of rotatable bonds is 2. The molecule has 2 unspecified atom stereocenters. The lowest BCUT2D eigenvalue weighted by molar-refractivity contribution is 0.104. The van der Waals surface area contributed by atoms with Crippen LogP contribution in [0.2, 0.25) is 0 Å². The van der Waals surface area contributed by atoms with Crippen LogP contribution in [0, 0.1) is 6.92 Å². The normalized spacial score (nSPS) is 27.2. The predicted molar refractivity (Wildman–Crippen MR) is 63.1 cm³/mol. The second-order valence-corrected chi connectivity index (χ2v) is 4.75. The molecular formula is C11H21N5. The molecule has 0 aliphatic carbocycles. The summed E-state index contributed by atoms with van der Waals surface area (Å²) in [6.45, 7) is 9.50. The summed E-state index contributed by atoms with van der Waals surface area (Å²) in [6, 6.07) is 1.11. The van der Waals surface area contributed by atoms with Crippen LogP contribution in [-0.4, -0.2) is 44.8 Å². The van der Waals surface area contributed by atoms with Crippen LogP contribution >= 0.6 is 0 Å². The topological polar surface area (TPSA) is 46.0 Å². The second-order valence-electron chi connectivity index (χ2n) is 4.75. The van der Waals surface area contributed by atoms with Crippen LogP contribution in [0.3, 0.4) is 0 Å². The van der Waals surface area contributed by atoms with E-state index < -0.39 is 0 Å². The minimum Gasteiger partial charge on any atom is -0.317 e. The van der Waals surface area contributed by atoms with Crippen LogP contribution in [0.1, 0.15) is 25.5 Å². The molecule has 1 aliphatic rings. The smallest absolute Gasteiger partial charge is 0.146 e. The van der Waals surface area contributed by atoms with Gasteiger partial charge in [-0.25, -0.2) is 0 Å². The summed E-state index contributed by atoms with van der Waals surface area (Å²) >= 11 is 0. The van der Waals surface area contributed by atoms with E-state index in [1.54, 1.807) is 0 Å². The Kier molecular flexibility index (Phi) is 3.25. The Morgan fingerprint density at radius 3 is 2.38 bits per heavy atom. The fourth-order valence-electron chi connectivity index (χ4n) is 2.23. The number of hydrogen-bond donors (Lipinski definition) is 1. The van der Waals surface area contributed by atoms with Crippen molar-refractivity contribution in [2.24, 2.45) is 7.05 Å². The molecule has 1 saturated heterocycles. The Hall–Kier alpha value is -0.940. The van der Waals surface area contributed by atoms with Gasteiger partial charge in [0, 0.05) is 32.2 Å². The SMILES string of the molecule is Cc1nnc(CN2C(C)CNCC2C)n1C. The van der Waals surface area contributed by atoms with Gasteiger partial charge in [-0.15, -0.1) is 10.2 Å². The van der Waals surface area contributed by atoms with Crippen LogP contribution in [0.15, 0.2) is 0 Å². The molecule has 1 N–H and O–H groups in total. The van der Waals surface area contributed by atoms with Gasteiger partial charge >= 0.3 is 0 Å². The molecular weight excluding hydrogens is 202 g/mol. The fraction of sp³-hybridized carbons (Fsp3) is 0.818. The number of aromatic nitrogens is 3. The fourth-order valence-corrected chi connectivity index (χ4v) is 2.23. The monoisotopic (exact) mass is 223 g/mol. The number of nitrogens with one attached hydrogen (secondary N) is 1. The largest absolute Gasteiger partial charge is 0.317 e. The van der Waals surface area contributed by atoms with Crippen LogP contribution in [-0.2, 0) is 13.6 Å². The summed E-state index contributed by atoms with van der Waals surface area (Å²) in [5, 5.41) is 11.8. The Labute approximate surface area is 96.8 Å². The van der Waals surface area contributed by atoms with Crippen molar-refractivity contribution in [2.45, 2.75) is 39.4 Å². The Morgan fingerprint density at radius 1 is 1.25 bits per heavy atom. The van der Waals surface area contributed by atoms with E-state index in [0.717, 1.165) is 31.3 Å². The zero-order chi connectivity index (χ0) is 11.7. The summed E-state index contributed by atoms with van der Waals surface area (Å²) in [4.78, 5) is 2.49. The van der Waals surface area contributed by atoms with Gasteiger partial charge in [0.25, 0.3) is 0 Å². The highest BCUT2D eigenvalue weighted by atomic mass is 15.3. The van der Waals surface area contributed by atoms with Gasteiger partial charge < -0.3 is 9.88 Å². The van der Waals surface area contributed by atoms with E-state index >= 15 is 0 Å². The van der Waals surface area contributed by atoms with Gasteiger partial charge in [-0.2, -0.15) is 0 Å². The van der Waals surface area contributed by atoms with Gasteiger partial charge in [-0.1, -0.05) is 0 Å². The maximum Gasteiger partial charge on any atom is 0.146 e. The number of piperazine rings is 1. The third kappa shape index (κ3) is 2.10. The second kappa shape index (κ2) is 4.51. The highest BCUT2D eigenvalue weighted by molar-refractivity contribution is 4.95. The predicted octanol–water partition coefficient (Wildman–Crippen LogP) is 0.306. The Bertz CT molecular complexity index is 349. The van der Waals surface area contributed by atoms with Crippen LogP contribution in [0.4, 0.5) is 0 Å². The van der Waals surface area contributed by atoms with Crippen molar-refractivity contribution in [1.82, 2.24) is 25.0 Å². The summed E-state index contributed by atoms with van der Waals surface area (Å²) in [5.74, 6) is 2.03. The van der Waals surface area contributed by atoms with Crippen LogP contribution in [0.25, 0.3) is 0 Å². The van der Waals surface area contributed by atoms with Crippen molar-refractivity contribution in [1.29, 1.82) is 0 Å². The lowest BCUT2D eigenvalue weighted by Gasteiger charge is -2.38. The lowest BCUT2D eigenvalue weighted by Crippen LogP contribution is -2.54. The molecule has 0 spiro atoms. The van der Waals surface area contributed by atoms with E-state index in [0.29, 0.717) is 12.1 Å². The first kappa shape index (κ1) is 11.5. The van der Waals surface area contributed by atoms with E-state index in [1.807, 2.05) is 14.0 Å². The van der Waals surface area contributed by atoms with Crippen molar-refractivity contribution in [3.63, 3.8) is 0 Å². The van der Waals surface area contributed by atoms with Gasteiger partial charge in [0.15, 0.2) is 0 Å². The Morgan fingerprint density at radius 2 is 1.88 bits per heavy atom. The van der Waals surface area contributed by atoms with Crippen molar-refractivity contribution in [3.05, 3.63) is 11.6 Å². The molecule has 16 heavy (non-hydrogen) atoms. The van der Waals surface area contributed by atoms with Crippen molar-refractivity contribution < 1.29 is 0 Å². The number of hydrogen-bond acceptors (Lipinski definition) is 4. The molecule has 2 rings (SSSR count). The highest BCUT2D eigenvalue weighted by Gasteiger charge is 2.25. The van der Waals surface area contributed by atoms with E-state index in [1.165, 1.54) is 0 Å². The van der Waals surface area contributed by atoms with Crippen molar-refractivity contribution in [2.75, 3.05) is 13.1 Å². The van der Waals surface area contributed by atoms with E-state index in [2.05, 4.69) is 38.8 Å². The summed E-state index contributed by atoms with van der Waals surface area (Å²) in [5.41, 5.74) is 0. The maximum atomic E-state index is 4.23. The summed E-state index contributed by atoms with van der Waals surface area (Å²) in [7, 11) is 2.03. The maximum absolute atomic E-state index is 4.23. The zero-order valence-corrected chi connectivity index (χ0v) is 10.6. The Balaban J connectivity index is 2.10. The molecule has 5 nitrogen and oxygen atoms in total. The third-order valence-electron chi connectivity index (χ3n) is 3.52. The third-order valence-corrected chi connectivity index (χ3v) is 3.52. The van der Waals surface area contributed by atoms with Gasteiger partial charge in [0.1, 0.15) is 11.6 Å². The molecule has 0 saturated carbocycles. The van der Waals surface area contributed by atoms with Gasteiger partial charge in [-0.05, 0) is 20.8 Å². The highest BCUT2D eigenvalue weighted by Crippen LogP contribution is 2.13. The van der Waals surface area contributed by atoms with E-state index in [-0.39, 0.29) is 0 Å². The number of nitrogens with zero attached hydrogens (tertiary/aromatic N) is 4. The molecule has 1 aliphatic heterocycles. The van der Waals surface area contributed by atoms with E-state index in [4.69, 9.17) is 0 Å². The summed E-state index contributed by atoms with van der Waals surface area (Å²) in [6.07, 6.45) is 0. The van der Waals surface area contributed by atoms with Gasteiger partial charge in [-0.3, -0.25) is 4.90 Å². The molecule has 1 fully saturated rings. The first-order valence-corrected chi connectivity index (χ1v) is 5.91. The zero-order valence-electron chi connectivity index (χ0n) is 10.6. The van der Waals surface area contributed by atoms with Crippen LogP contribution < -0.4 is 5.32 Å². The van der Waals surface area contributed by atoms with Crippen molar-refractivity contribution in [3.8, 4) is 0 Å². The van der Waals surface area contributed by atoms with Crippen molar-refractivity contribution >= 4 is 0 Å². The van der Waals surface area contributed by atoms with Gasteiger partial charge in [0.05, 0.1) is 6.54 Å². The molecule has 0 amide bonds. The minimum absolute atomic E-state index is 0.556. The molecule has 5 heteroatoms. The van der Waals surface area contributed by atoms with Gasteiger partial charge in [0.2, 0.25) is 0 Å². The molecule has 1 aromatic heterocycles. The molecule has 1 aromatic rings. The molecule has 0 bridgehead atoms. The average Bonchev–Trinajstić information content (AvgIpc) is 2.55. The molecule has 2 heterocycles. The number of aryl methyl sites for hydroxylation is 1. The molecule has 2 atom stereocenters. The molecule has 90 valence electrons. The molecule has 0 radical (unpaired) electrons. The summed E-state index contributed by atoms with van der Waals surface area (Å²) < 4.78 is 2.07. The first-order valence-electron chi connectivity index (χ1n) is 5.91.